The number of aromatic nitrogens is 1. The van der Waals surface area contributed by atoms with Crippen molar-refractivity contribution in [2.45, 2.75) is 19.8 Å². The lowest BCUT2D eigenvalue weighted by atomic mass is 9.81. The standard InChI is InChI=1S/C18H29N5O.2ClH/c1-18(4-7-19-8-5-18)14-21-17(24)15-3-6-20-16(13-15)23-11-9-22(2)10-12-23;;/h3,6,13,19H,4-5,7-12,14H2,1-2H3,(H,21,24);2*1H. The summed E-state index contributed by atoms with van der Waals surface area (Å²) in [5.41, 5.74) is 0.908. The number of pyridine rings is 1. The van der Waals surface area contributed by atoms with Gasteiger partial charge in [0.25, 0.3) is 5.91 Å². The number of likely N-dealkylation sites (N-methyl/N-ethyl adjacent to an activating group) is 1. The highest BCUT2D eigenvalue weighted by molar-refractivity contribution is 5.94. The number of nitrogens with zero attached hydrogens (tertiary/aromatic N) is 3. The maximum Gasteiger partial charge on any atom is 0.251 e. The quantitative estimate of drug-likeness (QED) is 0.802. The lowest BCUT2D eigenvalue weighted by Gasteiger charge is -2.34. The molecule has 6 nitrogen and oxygen atoms in total. The van der Waals surface area contributed by atoms with E-state index in [2.05, 4.69) is 39.4 Å². The van der Waals surface area contributed by atoms with Gasteiger partial charge in [-0.3, -0.25) is 4.79 Å². The van der Waals surface area contributed by atoms with E-state index < -0.39 is 0 Å². The van der Waals surface area contributed by atoms with Gasteiger partial charge in [-0.1, -0.05) is 6.92 Å². The average Bonchev–Trinajstić information content (AvgIpc) is 2.61. The van der Waals surface area contributed by atoms with E-state index in [0.717, 1.165) is 64.5 Å². The summed E-state index contributed by atoms with van der Waals surface area (Å²) in [7, 11) is 2.13. The first-order chi connectivity index (χ1) is 11.6. The van der Waals surface area contributed by atoms with Crippen molar-refractivity contribution in [3.05, 3.63) is 23.9 Å². The van der Waals surface area contributed by atoms with E-state index in [9.17, 15) is 4.79 Å². The van der Waals surface area contributed by atoms with Crippen LogP contribution in [-0.2, 0) is 0 Å². The Morgan fingerprint density at radius 2 is 1.88 bits per heavy atom. The van der Waals surface area contributed by atoms with Gasteiger partial charge in [-0.2, -0.15) is 0 Å². The first-order valence-electron chi connectivity index (χ1n) is 8.94. The number of nitrogens with one attached hydrogen (secondary N) is 2. The first-order valence-corrected chi connectivity index (χ1v) is 8.94. The first kappa shape index (κ1) is 23.0. The van der Waals surface area contributed by atoms with Crippen molar-refractivity contribution < 1.29 is 4.79 Å². The predicted octanol–water partition coefficient (Wildman–Crippen LogP) is 1.80. The molecule has 0 aliphatic carbocycles. The molecule has 2 N–H and O–H groups in total. The summed E-state index contributed by atoms with van der Waals surface area (Å²) in [6, 6.07) is 3.73. The molecule has 26 heavy (non-hydrogen) atoms. The monoisotopic (exact) mass is 403 g/mol. The maximum absolute atomic E-state index is 12.5. The van der Waals surface area contributed by atoms with Gasteiger partial charge in [-0.15, -0.1) is 24.8 Å². The molecule has 0 radical (unpaired) electrons. The van der Waals surface area contributed by atoms with E-state index in [-0.39, 0.29) is 36.1 Å². The van der Waals surface area contributed by atoms with Crippen molar-refractivity contribution in [1.29, 1.82) is 0 Å². The van der Waals surface area contributed by atoms with Gasteiger partial charge < -0.3 is 20.4 Å². The van der Waals surface area contributed by atoms with Crippen LogP contribution in [-0.4, -0.2) is 68.7 Å². The van der Waals surface area contributed by atoms with Crippen LogP contribution in [0.3, 0.4) is 0 Å². The predicted molar refractivity (Wildman–Crippen MR) is 111 cm³/mol. The summed E-state index contributed by atoms with van der Waals surface area (Å²) < 4.78 is 0. The molecule has 8 heteroatoms. The molecule has 0 bridgehead atoms. The van der Waals surface area contributed by atoms with E-state index >= 15 is 0 Å². The molecule has 0 aromatic carbocycles. The second-order valence-electron chi connectivity index (χ2n) is 7.44. The van der Waals surface area contributed by atoms with Gasteiger partial charge in [0, 0.05) is 44.5 Å². The van der Waals surface area contributed by atoms with Crippen LogP contribution in [0.4, 0.5) is 5.82 Å². The van der Waals surface area contributed by atoms with E-state index in [1.165, 1.54) is 0 Å². The maximum atomic E-state index is 12.5. The number of carbonyl (C=O) groups excluding carboxylic acids is 1. The zero-order chi connectivity index (χ0) is 17.0. The molecule has 0 atom stereocenters. The smallest absolute Gasteiger partial charge is 0.251 e. The van der Waals surface area contributed by atoms with Gasteiger partial charge >= 0.3 is 0 Å². The highest BCUT2D eigenvalue weighted by atomic mass is 35.5. The summed E-state index contributed by atoms with van der Waals surface area (Å²) in [4.78, 5) is 21.6. The number of hydrogen-bond acceptors (Lipinski definition) is 5. The van der Waals surface area contributed by atoms with Gasteiger partial charge in [0.1, 0.15) is 5.82 Å². The largest absolute Gasteiger partial charge is 0.354 e. The molecule has 2 aliphatic rings. The van der Waals surface area contributed by atoms with Crippen molar-refractivity contribution in [2.24, 2.45) is 5.41 Å². The Hall–Kier alpha value is -1.08. The van der Waals surface area contributed by atoms with E-state index in [1.54, 1.807) is 12.3 Å². The van der Waals surface area contributed by atoms with Gasteiger partial charge in [0.05, 0.1) is 0 Å². The minimum atomic E-state index is 0. The molecule has 0 spiro atoms. The van der Waals surface area contributed by atoms with Crippen LogP contribution >= 0.6 is 24.8 Å². The third-order valence-electron chi connectivity index (χ3n) is 5.32. The van der Waals surface area contributed by atoms with Crippen LogP contribution in [0.25, 0.3) is 0 Å². The lowest BCUT2D eigenvalue weighted by molar-refractivity contribution is 0.0922. The van der Waals surface area contributed by atoms with Gasteiger partial charge in [-0.05, 0) is 50.5 Å². The van der Waals surface area contributed by atoms with Crippen molar-refractivity contribution in [3.63, 3.8) is 0 Å². The second-order valence-corrected chi connectivity index (χ2v) is 7.44. The van der Waals surface area contributed by atoms with Crippen molar-refractivity contribution >= 4 is 36.5 Å². The number of carbonyl (C=O) groups is 1. The molecule has 2 saturated heterocycles. The van der Waals surface area contributed by atoms with Crippen LogP contribution in [0, 0.1) is 5.41 Å². The number of piperazine rings is 1. The number of halogens is 2. The van der Waals surface area contributed by atoms with Crippen LogP contribution < -0.4 is 15.5 Å². The summed E-state index contributed by atoms with van der Waals surface area (Å²) >= 11 is 0. The number of hydrogen-bond donors (Lipinski definition) is 2. The molecule has 3 heterocycles. The fraction of sp³-hybridized carbons (Fsp3) is 0.667. The average molecular weight is 404 g/mol. The SMILES string of the molecule is CN1CCN(c2cc(C(=O)NCC3(C)CCNCC3)ccn2)CC1.Cl.Cl. The van der Waals surface area contributed by atoms with Crippen LogP contribution in [0.1, 0.15) is 30.1 Å². The second kappa shape index (κ2) is 10.3. The highest BCUT2D eigenvalue weighted by Gasteiger charge is 2.27. The Morgan fingerprint density at radius 1 is 1.23 bits per heavy atom. The highest BCUT2D eigenvalue weighted by Crippen LogP contribution is 2.26. The van der Waals surface area contributed by atoms with Gasteiger partial charge in [0.2, 0.25) is 0 Å². The molecular formula is C18H31Cl2N5O. The van der Waals surface area contributed by atoms with Crippen molar-refractivity contribution in [1.82, 2.24) is 20.5 Å². The molecule has 2 aliphatic heterocycles. The Kier molecular flexibility index (Phi) is 9.10. The van der Waals surface area contributed by atoms with Crippen molar-refractivity contribution in [3.8, 4) is 0 Å². The van der Waals surface area contributed by atoms with Crippen LogP contribution in [0.5, 0.6) is 0 Å². The number of anilines is 1. The normalized spacial score (nSPS) is 19.8. The van der Waals surface area contributed by atoms with E-state index in [1.807, 2.05) is 6.07 Å². The Morgan fingerprint density at radius 3 is 2.54 bits per heavy atom. The third-order valence-corrected chi connectivity index (χ3v) is 5.32. The molecule has 1 amide bonds. The molecule has 2 fully saturated rings. The van der Waals surface area contributed by atoms with E-state index in [0.29, 0.717) is 5.56 Å². The topological polar surface area (TPSA) is 60.5 Å². The molecule has 3 rings (SSSR count). The molecule has 1 aromatic rings. The van der Waals surface area contributed by atoms with E-state index in [4.69, 9.17) is 0 Å². The Labute approximate surface area is 168 Å². The fourth-order valence-electron chi connectivity index (χ4n) is 3.37. The van der Waals surface area contributed by atoms with Crippen LogP contribution in [0.15, 0.2) is 18.3 Å². The summed E-state index contributed by atoms with van der Waals surface area (Å²) in [5, 5.41) is 6.50. The van der Waals surface area contributed by atoms with Gasteiger partial charge in [-0.25, -0.2) is 4.98 Å². The van der Waals surface area contributed by atoms with Crippen molar-refractivity contribution in [2.75, 3.05) is 57.8 Å². The fourth-order valence-corrected chi connectivity index (χ4v) is 3.37. The van der Waals surface area contributed by atoms with Crippen LogP contribution in [0.2, 0.25) is 0 Å². The zero-order valence-corrected chi connectivity index (χ0v) is 17.3. The zero-order valence-electron chi connectivity index (χ0n) is 15.7. The summed E-state index contributed by atoms with van der Waals surface area (Å²) in [6.45, 7) is 9.05. The number of piperidine rings is 1. The molecule has 0 saturated carbocycles. The minimum absolute atomic E-state index is 0. The molecular weight excluding hydrogens is 373 g/mol. The number of rotatable bonds is 4. The number of amides is 1. The summed E-state index contributed by atoms with van der Waals surface area (Å²) in [5.74, 6) is 0.913. The molecule has 0 unspecified atom stereocenters. The molecule has 1 aromatic heterocycles. The third kappa shape index (κ3) is 5.98. The van der Waals surface area contributed by atoms with Gasteiger partial charge in [0.15, 0.2) is 0 Å². The molecule has 148 valence electrons. The Balaban J connectivity index is 0.00000169. The lowest BCUT2D eigenvalue weighted by Crippen LogP contribution is -2.45. The summed E-state index contributed by atoms with van der Waals surface area (Å²) in [6.07, 6.45) is 3.96. The minimum Gasteiger partial charge on any atom is -0.354 e. The Bertz CT molecular complexity index is 572.